The molecule has 0 atom stereocenters. The Morgan fingerprint density at radius 2 is 2.17 bits per heavy atom. The van der Waals surface area contributed by atoms with Crippen LogP contribution in [0.25, 0.3) is 0 Å². The van der Waals surface area contributed by atoms with Crippen molar-refractivity contribution in [2.24, 2.45) is 4.99 Å². The standard InChI is InChI=1S/C8H15NOS2/c1-12-7-3-6-10-5-2-4-9-8-11/h2-7H2,1H3. The summed E-state index contributed by atoms with van der Waals surface area (Å²) in [5.41, 5.74) is 0. The van der Waals surface area contributed by atoms with Crippen molar-refractivity contribution in [3.05, 3.63) is 0 Å². The third-order valence-electron chi connectivity index (χ3n) is 1.26. The minimum atomic E-state index is 0.742. The van der Waals surface area contributed by atoms with Crippen LogP contribution < -0.4 is 0 Å². The zero-order valence-electron chi connectivity index (χ0n) is 7.41. The van der Waals surface area contributed by atoms with Crippen LogP contribution >= 0.6 is 24.0 Å². The molecule has 0 bridgehead atoms. The predicted molar refractivity (Wildman–Crippen MR) is 58.3 cm³/mol. The van der Waals surface area contributed by atoms with Gasteiger partial charge in [0, 0.05) is 13.2 Å². The number of rotatable bonds is 8. The van der Waals surface area contributed by atoms with Crippen molar-refractivity contribution in [1.82, 2.24) is 0 Å². The first-order chi connectivity index (χ1) is 5.91. The molecule has 0 aliphatic heterocycles. The largest absolute Gasteiger partial charge is 0.381 e. The number of thiocarbonyl (C=S) groups is 1. The fourth-order valence-corrected chi connectivity index (χ4v) is 1.20. The monoisotopic (exact) mass is 205 g/mol. The van der Waals surface area contributed by atoms with Gasteiger partial charge in [-0.05, 0) is 37.1 Å². The van der Waals surface area contributed by atoms with E-state index in [0.717, 1.165) is 32.6 Å². The fourth-order valence-electron chi connectivity index (χ4n) is 0.699. The molecule has 0 aromatic heterocycles. The Balaban J connectivity index is 2.86. The van der Waals surface area contributed by atoms with Gasteiger partial charge in [-0.2, -0.15) is 11.8 Å². The molecule has 0 amide bonds. The highest BCUT2D eigenvalue weighted by Crippen LogP contribution is 1.95. The molecule has 0 aliphatic carbocycles. The Morgan fingerprint density at radius 1 is 1.42 bits per heavy atom. The zero-order valence-corrected chi connectivity index (χ0v) is 9.05. The summed E-state index contributed by atoms with van der Waals surface area (Å²) in [6.45, 7) is 2.39. The van der Waals surface area contributed by atoms with E-state index in [4.69, 9.17) is 4.74 Å². The molecule has 0 heterocycles. The first-order valence-electron chi connectivity index (χ1n) is 4.02. The molecule has 4 heteroatoms. The summed E-state index contributed by atoms with van der Waals surface area (Å²) in [5.74, 6) is 1.18. The lowest BCUT2D eigenvalue weighted by atomic mass is 10.4. The maximum absolute atomic E-state index is 5.35. The van der Waals surface area contributed by atoms with Crippen LogP contribution in [0.15, 0.2) is 4.99 Å². The first kappa shape index (κ1) is 12.1. The molecule has 0 N–H and O–H groups in total. The van der Waals surface area contributed by atoms with E-state index >= 15 is 0 Å². The molecule has 0 spiro atoms. The van der Waals surface area contributed by atoms with E-state index < -0.39 is 0 Å². The molecule has 0 fully saturated rings. The molecule has 0 aromatic carbocycles. The number of hydrogen-bond acceptors (Lipinski definition) is 4. The van der Waals surface area contributed by atoms with Gasteiger partial charge in [0.05, 0.1) is 11.7 Å². The second-order valence-corrected chi connectivity index (χ2v) is 3.45. The van der Waals surface area contributed by atoms with Gasteiger partial charge >= 0.3 is 0 Å². The van der Waals surface area contributed by atoms with Crippen LogP contribution in [-0.2, 0) is 4.74 Å². The SMILES string of the molecule is CSCCCOCCCN=C=S. The van der Waals surface area contributed by atoms with E-state index in [1.54, 1.807) is 0 Å². The summed E-state index contributed by atoms with van der Waals surface area (Å²) >= 11 is 6.28. The van der Waals surface area contributed by atoms with Crippen LogP contribution in [0.2, 0.25) is 0 Å². The van der Waals surface area contributed by atoms with Gasteiger partial charge in [0.15, 0.2) is 0 Å². The highest BCUT2D eigenvalue weighted by molar-refractivity contribution is 7.98. The van der Waals surface area contributed by atoms with Crippen molar-refractivity contribution in [3.8, 4) is 0 Å². The van der Waals surface area contributed by atoms with Crippen LogP contribution in [0.5, 0.6) is 0 Å². The molecule has 2 nitrogen and oxygen atoms in total. The molecule has 0 saturated heterocycles. The maximum Gasteiger partial charge on any atom is 0.0584 e. The first-order valence-corrected chi connectivity index (χ1v) is 5.82. The molecule has 70 valence electrons. The number of isothiocyanates is 1. The summed E-state index contributed by atoms with van der Waals surface area (Å²) in [5, 5.41) is 2.33. The minimum Gasteiger partial charge on any atom is -0.381 e. The Kier molecular flexibility index (Phi) is 11.2. The van der Waals surface area contributed by atoms with Gasteiger partial charge < -0.3 is 4.74 Å². The van der Waals surface area contributed by atoms with E-state index in [1.165, 1.54) is 5.75 Å². The lowest BCUT2D eigenvalue weighted by molar-refractivity contribution is 0.134. The number of ether oxygens (including phenoxy) is 1. The van der Waals surface area contributed by atoms with Gasteiger partial charge in [-0.15, -0.1) is 0 Å². The summed E-state index contributed by atoms with van der Waals surface area (Å²) in [4.78, 5) is 3.79. The van der Waals surface area contributed by atoms with Crippen LogP contribution in [0.4, 0.5) is 0 Å². The summed E-state index contributed by atoms with van der Waals surface area (Å²) in [7, 11) is 0. The maximum atomic E-state index is 5.35. The average molecular weight is 205 g/mol. The molecular formula is C8H15NOS2. The van der Waals surface area contributed by atoms with Crippen molar-refractivity contribution < 1.29 is 4.74 Å². The van der Waals surface area contributed by atoms with E-state index in [-0.39, 0.29) is 0 Å². The number of thioether (sulfide) groups is 1. The number of hydrogen-bond donors (Lipinski definition) is 0. The Morgan fingerprint density at radius 3 is 2.83 bits per heavy atom. The highest BCUT2D eigenvalue weighted by Gasteiger charge is 1.88. The summed E-state index contributed by atoms with van der Waals surface area (Å²) in [6.07, 6.45) is 4.19. The molecule has 0 unspecified atom stereocenters. The van der Waals surface area contributed by atoms with Crippen molar-refractivity contribution in [1.29, 1.82) is 0 Å². The van der Waals surface area contributed by atoms with Gasteiger partial charge in [0.25, 0.3) is 0 Å². The number of aliphatic imine (C=N–C) groups is 1. The van der Waals surface area contributed by atoms with Crippen LogP contribution in [0.1, 0.15) is 12.8 Å². The van der Waals surface area contributed by atoms with Crippen molar-refractivity contribution >= 4 is 29.1 Å². The van der Waals surface area contributed by atoms with Gasteiger partial charge in [-0.25, -0.2) is 4.99 Å². The molecule has 12 heavy (non-hydrogen) atoms. The second-order valence-electron chi connectivity index (χ2n) is 2.29. The quantitative estimate of drug-likeness (QED) is 0.344. The van der Waals surface area contributed by atoms with Gasteiger partial charge in [0.2, 0.25) is 0 Å². The third kappa shape index (κ3) is 10.1. The van der Waals surface area contributed by atoms with Crippen LogP contribution in [-0.4, -0.2) is 36.9 Å². The Hall–Kier alpha value is 0.110. The van der Waals surface area contributed by atoms with Crippen LogP contribution in [0, 0.1) is 0 Å². The normalized spacial score (nSPS) is 9.42. The van der Waals surface area contributed by atoms with Crippen molar-refractivity contribution in [2.75, 3.05) is 31.8 Å². The Bertz CT molecular complexity index is 135. The summed E-state index contributed by atoms with van der Waals surface area (Å²) < 4.78 is 5.35. The highest BCUT2D eigenvalue weighted by atomic mass is 32.2. The smallest absolute Gasteiger partial charge is 0.0584 e. The van der Waals surface area contributed by atoms with Gasteiger partial charge in [-0.1, -0.05) is 0 Å². The van der Waals surface area contributed by atoms with Gasteiger partial charge in [0.1, 0.15) is 0 Å². The Labute approximate surface area is 83.8 Å². The van der Waals surface area contributed by atoms with Gasteiger partial charge in [-0.3, -0.25) is 0 Å². The predicted octanol–water partition coefficient (Wildman–Crippen LogP) is 2.25. The lowest BCUT2D eigenvalue weighted by Crippen LogP contribution is -1.99. The fraction of sp³-hybridized carbons (Fsp3) is 0.875. The van der Waals surface area contributed by atoms with E-state index in [0.29, 0.717) is 0 Å². The van der Waals surface area contributed by atoms with E-state index in [9.17, 15) is 0 Å². The van der Waals surface area contributed by atoms with Crippen molar-refractivity contribution in [2.45, 2.75) is 12.8 Å². The van der Waals surface area contributed by atoms with E-state index in [1.807, 2.05) is 11.8 Å². The van der Waals surface area contributed by atoms with Crippen LogP contribution in [0.3, 0.4) is 0 Å². The average Bonchev–Trinajstić information content (AvgIpc) is 2.10. The number of nitrogens with zero attached hydrogens (tertiary/aromatic N) is 1. The lowest BCUT2D eigenvalue weighted by Gasteiger charge is -2.00. The second kappa shape index (κ2) is 11.1. The molecule has 0 radical (unpaired) electrons. The summed E-state index contributed by atoms with van der Waals surface area (Å²) in [6, 6.07) is 0. The van der Waals surface area contributed by atoms with Crippen molar-refractivity contribution in [3.63, 3.8) is 0 Å². The molecule has 0 aliphatic rings. The molecular weight excluding hydrogens is 190 g/mol. The topological polar surface area (TPSA) is 21.6 Å². The van der Waals surface area contributed by atoms with E-state index in [2.05, 4.69) is 28.6 Å². The molecule has 0 saturated carbocycles. The molecule has 0 aromatic rings. The molecule has 0 rings (SSSR count). The zero-order chi connectivity index (χ0) is 9.07. The third-order valence-corrected chi connectivity index (χ3v) is 2.09. The minimum absolute atomic E-state index is 0.742.